The first-order valence-electron chi connectivity index (χ1n) is 7.53. The molecule has 1 fully saturated rings. The summed E-state index contributed by atoms with van der Waals surface area (Å²) in [6, 6.07) is 9.87. The van der Waals surface area contributed by atoms with E-state index in [4.69, 9.17) is 0 Å². The Kier molecular flexibility index (Phi) is 4.82. The first-order valence-corrected chi connectivity index (χ1v) is 7.53. The summed E-state index contributed by atoms with van der Waals surface area (Å²) in [7, 11) is 2.08. The first kappa shape index (κ1) is 13.6. The maximum absolute atomic E-state index is 3.48. The van der Waals surface area contributed by atoms with E-state index in [0.29, 0.717) is 12.0 Å². The molecule has 2 atom stereocenters. The van der Waals surface area contributed by atoms with Gasteiger partial charge in [-0.3, -0.25) is 0 Å². The molecule has 2 unspecified atom stereocenters. The molecule has 100 valence electrons. The van der Waals surface area contributed by atoms with E-state index in [1.54, 1.807) is 5.56 Å². The van der Waals surface area contributed by atoms with Crippen LogP contribution in [0.15, 0.2) is 24.3 Å². The van der Waals surface area contributed by atoms with Crippen LogP contribution in [0.3, 0.4) is 0 Å². The molecule has 1 N–H and O–H groups in total. The lowest BCUT2D eigenvalue weighted by molar-refractivity contribution is 0.383. The van der Waals surface area contributed by atoms with Gasteiger partial charge in [-0.05, 0) is 49.3 Å². The molecular weight excluding hydrogens is 218 g/mol. The summed E-state index contributed by atoms with van der Waals surface area (Å²) in [5.41, 5.74) is 2.99. The predicted molar refractivity (Wildman–Crippen MR) is 78.9 cm³/mol. The summed E-state index contributed by atoms with van der Waals surface area (Å²) in [6.45, 7) is 4.62. The molecule has 0 aromatic heterocycles. The lowest BCUT2D eigenvalue weighted by Gasteiger charge is -2.27. The average Bonchev–Trinajstić information content (AvgIpc) is 2.30. The molecule has 1 heteroatoms. The summed E-state index contributed by atoms with van der Waals surface area (Å²) < 4.78 is 0. The van der Waals surface area contributed by atoms with E-state index < -0.39 is 0 Å². The van der Waals surface area contributed by atoms with Gasteiger partial charge in [-0.2, -0.15) is 0 Å². The molecule has 0 bridgehead atoms. The van der Waals surface area contributed by atoms with Crippen LogP contribution in [0, 0.1) is 5.92 Å². The first-order chi connectivity index (χ1) is 8.76. The Labute approximate surface area is 112 Å². The van der Waals surface area contributed by atoms with Gasteiger partial charge in [0.25, 0.3) is 0 Å². The van der Waals surface area contributed by atoms with Crippen LogP contribution >= 0.6 is 0 Å². The highest BCUT2D eigenvalue weighted by Crippen LogP contribution is 2.37. The van der Waals surface area contributed by atoms with Crippen molar-refractivity contribution in [3.05, 3.63) is 35.4 Å². The molecule has 1 aliphatic carbocycles. The summed E-state index contributed by atoms with van der Waals surface area (Å²) in [4.78, 5) is 0. The van der Waals surface area contributed by atoms with E-state index in [1.165, 1.54) is 37.7 Å². The summed E-state index contributed by atoms with van der Waals surface area (Å²) in [5, 5.41) is 3.48. The Hall–Kier alpha value is -0.820. The van der Waals surface area contributed by atoms with Crippen LogP contribution in [-0.2, 0) is 0 Å². The minimum Gasteiger partial charge on any atom is -0.313 e. The van der Waals surface area contributed by atoms with Crippen LogP contribution in [-0.4, -0.2) is 7.05 Å². The molecule has 18 heavy (non-hydrogen) atoms. The van der Waals surface area contributed by atoms with Crippen molar-refractivity contribution < 1.29 is 0 Å². The van der Waals surface area contributed by atoms with E-state index in [-0.39, 0.29) is 0 Å². The van der Waals surface area contributed by atoms with E-state index in [9.17, 15) is 0 Å². The topological polar surface area (TPSA) is 12.0 Å². The van der Waals surface area contributed by atoms with Crippen LogP contribution in [0.25, 0.3) is 0 Å². The van der Waals surface area contributed by atoms with Crippen molar-refractivity contribution in [2.75, 3.05) is 7.05 Å². The normalized spacial score (nSPS) is 19.3. The molecule has 0 radical (unpaired) electrons. The highest BCUT2D eigenvalue weighted by Gasteiger charge is 2.20. The maximum atomic E-state index is 3.48. The van der Waals surface area contributed by atoms with E-state index >= 15 is 0 Å². The van der Waals surface area contributed by atoms with Crippen LogP contribution < -0.4 is 5.32 Å². The van der Waals surface area contributed by atoms with Crippen molar-refractivity contribution in [2.24, 2.45) is 5.92 Å². The molecule has 1 nitrogen and oxygen atoms in total. The minimum absolute atomic E-state index is 0.500. The number of hydrogen-bond donors (Lipinski definition) is 1. The van der Waals surface area contributed by atoms with Gasteiger partial charge >= 0.3 is 0 Å². The lowest BCUT2D eigenvalue weighted by Crippen LogP contribution is -2.23. The van der Waals surface area contributed by atoms with Gasteiger partial charge in [0, 0.05) is 6.04 Å². The number of rotatable bonds is 6. The van der Waals surface area contributed by atoms with Crippen LogP contribution in [0.1, 0.15) is 69.0 Å². The van der Waals surface area contributed by atoms with Crippen LogP contribution in [0.4, 0.5) is 0 Å². The molecule has 1 aromatic carbocycles. The van der Waals surface area contributed by atoms with Crippen LogP contribution in [0.2, 0.25) is 0 Å². The van der Waals surface area contributed by atoms with Crippen LogP contribution in [0.5, 0.6) is 0 Å². The average molecular weight is 245 g/mol. The SMILES string of the molecule is CCCC(C)C(NC)c1ccc(C2CCC2)cc1. The summed E-state index contributed by atoms with van der Waals surface area (Å²) >= 11 is 0. The predicted octanol–water partition coefficient (Wildman–Crippen LogP) is 4.65. The molecule has 1 aliphatic rings. The van der Waals surface area contributed by atoms with Crippen molar-refractivity contribution in [1.82, 2.24) is 5.32 Å². The Morgan fingerprint density at radius 3 is 2.33 bits per heavy atom. The second-order valence-electron chi connectivity index (χ2n) is 5.83. The van der Waals surface area contributed by atoms with Gasteiger partial charge in [-0.15, -0.1) is 0 Å². The quantitative estimate of drug-likeness (QED) is 0.769. The Morgan fingerprint density at radius 1 is 1.22 bits per heavy atom. The highest BCUT2D eigenvalue weighted by molar-refractivity contribution is 5.28. The van der Waals surface area contributed by atoms with Gasteiger partial charge < -0.3 is 5.32 Å². The molecule has 1 saturated carbocycles. The molecule has 0 saturated heterocycles. The van der Waals surface area contributed by atoms with Gasteiger partial charge in [0.1, 0.15) is 0 Å². The zero-order chi connectivity index (χ0) is 13.0. The summed E-state index contributed by atoms with van der Waals surface area (Å²) in [5.74, 6) is 1.55. The third-order valence-electron chi connectivity index (χ3n) is 4.50. The molecule has 0 aliphatic heterocycles. The molecule has 1 aromatic rings. The Balaban J connectivity index is 2.06. The van der Waals surface area contributed by atoms with Crippen molar-refractivity contribution in [2.45, 2.75) is 57.9 Å². The standard InChI is InChI=1S/C17H27N/c1-4-6-13(2)17(18-3)16-11-9-15(10-12-16)14-7-5-8-14/h9-14,17-18H,4-8H2,1-3H3. The number of benzene rings is 1. The zero-order valence-corrected chi connectivity index (χ0v) is 12.1. The second-order valence-corrected chi connectivity index (χ2v) is 5.83. The van der Waals surface area contributed by atoms with E-state index in [1.807, 2.05) is 0 Å². The smallest absolute Gasteiger partial charge is 0.0343 e. The number of nitrogens with one attached hydrogen (secondary N) is 1. The van der Waals surface area contributed by atoms with Gasteiger partial charge in [-0.1, -0.05) is 51.0 Å². The fourth-order valence-corrected chi connectivity index (χ4v) is 3.12. The van der Waals surface area contributed by atoms with E-state index in [0.717, 1.165) is 5.92 Å². The fourth-order valence-electron chi connectivity index (χ4n) is 3.12. The summed E-state index contributed by atoms with van der Waals surface area (Å²) in [6.07, 6.45) is 6.75. The zero-order valence-electron chi connectivity index (χ0n) is 12.1. The Morgan fingerprint density at radius 2 is 1.89 bits per heavy atom. The third kappa shape index (κ3) is 2.95. The molecule has 0 heterocycles. The molecule has 2 rings (SSSR count). The molecular formula is C17H27N. The molecule has 0 amide bonds. The molecule has 0 spiro atoms. The van der Waals surface area contributed by atoms with E-state index in [2.05, 4.69) is 50.5 Å². The monoisotopic (exact) mass is 245 g/mol. The second kappa shape index (κ2) is 6.38. The van der Waals surface area contributed by atoms with Crippen molar-refractivity contribution in [3.8, 4) is 0 Å². The maximum Gasteiger partial charge on any atom is 0.0343 e. The minimum atomic E-state index is 0.500. The number of hydrogen-bond acceptors (Lipinski definition) is 1. The Bertz CT molecular complexity index is 350. The fraction of sp³-hybridized carbons (Fsp3) is 0.647. The lowest BCUT2D eigenvalue weighted by atomic mass is 9.79. The van der Waals surface area contributed by atoms with Crippen molar-refractivity contribution in [1.29, 1.82) is 0 Å². The third-order valence-corrected chi connectivity index (χ3v) is 4.50. The van der Waals surface area contributed by atoms with Crippen molar-refractivity contribution >= 4 is 0 Å². The van der Waals surface area contributed by atoms with Gasteiger partial charge in [0.05, 0.1) is 0 Å². The largest absolute Gasteiger partial charge is 0.313 e. The van der Waals surface area contributed by atoms with Crippen molar-refractivity contribution in [3.63, 3.8) is 0 Å². The highest BCUT2D eigenvalue weighted by atomic mass is 14.9. The van der Waals surface area contributed by atoms with Gasteiger partial charge in [0.2, 0.25) is 0 Å². The van der Waals surface area contributed by atoms with Gasteiger partial charge in [-0.25, -0.2) is 0 Å². The van der Waals surface area contributed by atoms with Gasteiger partial charge in [0.15, 0.2) is 0 Å².